The van der Waals surface area contributed by atoms with Gasteiger partial charge in [-0.2, -0.15) is 20.5 Å². The van der Waals surface area contributed by atoms with Crippen LogP contribution in [0.25, 0.3) is 0 Å². The first-order valence-electron chi connectivity index (χ1n) is 9.17. The lowest BCUT2D eigenvalue weighted by Gasteiger charge is -2.14. The SMILES string of the molecule is CC(=O)ONc1cc(Oc2c(C)cc(C#N)cc2C)nc(Nc2ccc(C#N)cc2)n1. The predicted octanol–water partition coefficient (Wildman–Crippen LogP) is 4.26. The minimum atomic E-state index is -0.540. The van der Waals surface area contributed by atoms with Gasteiger partial charge in [0, 0.05) is 18.7 Å². The Balaban J connectivity index is 1.94. The van der Waals surface area contributed by atoms with Gasteiger partial charge >= 0.3 is 5.97 Å². The average Bonchev–Trinajstić information content (AvgIpc) is 2.75. The van der Waals surface area contributed by atoms with Gasteiger partial charge in [0.1, 0.15) is 5.75 Å². The second-order valence-corrected chi connectivity index (χ2v) is 6.58. The number of rotatable bonds is 6. The third-order valence-electron chi connectivity index (χ3n) is 4.07. The highest BCUT2D eigenvalue weighted by Crippen LogP contribution is 2.30. The number of carbonyl (C=O) groups excluding carboxylic acids is 1. The molecule has 0 saturated carbocycles. The Morgan fingerprint density at radius 2 is 1.61 bits per heavy atom. The predicted molar refractivity (Wildman–Crippen MR) is 113 cm³/mol. The molecule has 0 aliphatic carbocycles. The number of carbonyl (C=O) groups is 1. The maximum absolute atomic E-state index is 11.2. The minimum Gasteiger partial charge on any atom is -0.438 e. The molecule has 0 aliphatic heterocycles. The minimum absolute atomic E-state index is 0.181. The average molecular weight is 414 g/mol. The summed E-state index contributed by atoms with van der Waals surface area (Å²) in [5.74, 6) is 0.583. The van der Waals surface area contributed by atoms with Crippen LogP contribution in [-0.4, -0.2) is 15.9 Å². The largest absolute Gasteiger partial charge is 0.438 e. The van der Waals surface area contributed by atoms with Crippen molar-refractivity contribution in [1.82, 2.24) is 9.97 Å². The van der Waals surface area contributed by atoms with Crippen molar-refractivity contribution in [2.24, 2.45) is 0 Å². The van der Waals surface area contributed by atoms with Gasteiger partial charge in [0.05, 0.1) is 23.3 Å². The van der Waals surface area contributed by atoms with E-state index in [1.165, 1.54) is 13.0 Å². The van der Waals surface area contributed by atoms with Gasteiger partial charge in [-0.3, -0.25) is 4.79 Å². The summed E-state index contributed by atoms with van der Waals surface area (Å²) >= 11 is 0. The molecule has 2 N–H and O–H groups in total. The van der Waals surface area contributed by atoms with E-state index >= 15 is 0 Å². The summed E-state index contributed by atoms with van der Waals surface area (Å²) in [5, 5.41) is 21.1. The molecular formula is C22H18N6O3. The summed E-state index contributed by atoms with van der Waals surface area (Å²) in [6, 6.07) is 15.8. The van der Waals surface area contributed by atoms with E-state index in [1.807, 2.05) is 13.8 Å². The number of hydrogen-bond acceptors (Lipinski definition) is 9. The topological polar surface area (TPSA) is 133 Å². The van der Waals surface area contributed by atoms with Crippen LogP contribution < -0.4 is 15.5 Å². The zero-order valence-electron chi connectivity index (χ0n) is 17.1. The van der Waals surface area contributed by atoms with Gasteiger partial charge in [-0.25, -0.2) is 5.48 Å². The summed E-state index contributed by atoms with van der Waals surface area (Å²) in [7, 11) is 0. The van der Waals surface area contributed by atoms with E-state index in [4.69, 9.17) is 20.1 Å². The smallest absolute Gasteiger partial charge is 0.329 e. The number of nitrogens with one attached hydrogen (secondary N) is 2. The van der Waals surface area contributed by atoms with E-state index in [0.717, 1.165) is 11.1 Å². The zero-order chi connectivity index (χ0) is 22.4. The molecule has 1 aromatic heterocycles. The molecule has 0 spiro atoms. The van der Waals surface area contributed by atoms with E-state index in [2.05, 4.69) is 32.9 Å². The molecule has 0 radical (unpaired) electrons. The lowest BCUT2D eigenvalue weighted by atomic mass is 10.1. The van der Waals surface area contributed by atoms with Gasteiger partial charge in [0.2, 0.25) is 11.8 Å². The number of nitrogens with zero attached hydrogens (tertiary/aromatic N) is 4. The quantitative estimate of drug-likeness (QED) is 0.567. The molecule has 3 aromatic rings. The van der Waals surface area contributed by atoms with Crippen molar-refractivity contribution in [2.45, 2.75) is 20.8 Å². The molecule has 0 aliphatic rings. The number of ether oxygens (including phenoxy) is 1. The van der Waals surface area contributed by atoms with Crippen molar-refractivity contribution in [3.05, 3.63) is 64.7 Å². The number of anilines is 3. The summed E-state index contributed by atoms with van der Waals surface area (Å²) in [6.45, 7) is 4.92. The fourth-order valence-corrected chi connectivity index (χ4v) is 2.75. The van der Waals surface area contributed by atoms with Gasteiger partial charge in [-0.15, -0.1) is 0 Å². The number of benzene rings is 2. The normalized spacial score (nSPS) is 9.84. The molecule has 9 heteroatoms. The van der Waals surface area contributed by atoms with Crippen LogP contribution in [-0.2, 0) is 9.63 Å². The van der Waals surface area contributed by atoms with E-state index < -0.39 is 5.97 Å². The Morgan fingerprint density at radius 3 is 2.19 bits per heavy atom. The van der Waals surface area contributed by atoms with Crippen LogP contribution in [0.15, 0.2) is 42.5 Å². The second kappa shape index (κ2) is 9.25. The van der Waals surface area contributed by atoms with Crippen molar-refractivity contribution in [1.29, 1.82) is 10.5 Å². The molecule has 154 valence electrons. The molecule has 0 unspecified atom stereocenters. The highest BCUT2D eigenvalue weighted by molar-refractivity contribution is 5.67. The lowest BCUT2D eigenvalue weighted by Crippen LogP contribution is -2.09. The molecule has 0 amide bonds. The molecular weight excluding hydrogens is 396 g/mol. The van der Waals surface area contributed by atoms with Gasteiger partial charge in [0.15, 0.2) is 5.82 Å². The molecule has 2 aromatic carbocycles. The fourth-order valence-electron chi connectivity index (χ4n) is 2.75. The van der Waals surface area contributed by atoms with E-state index in [0.29, 0.717) is 22.6 Å². The molecule has 0 fully saturated rings. The Morgan fingerprint density at radius 1 is 0.968 bits per heavy atom. The Hall–Kier alpha value is -4.63. The van der Waals surface area contributed by atoms with Crippen molar-refractivity contribution in [3.63, 3.8) is 0 Å². The van der Waals surface area contributed by atoms with Crippen LogP contribution in [0, 0.1) is 36.5 Å². The van der Waals surface area contributed by atoms with E-state index in [-0.39, 0.29) is 17.6 Å². The van der Waals surface area contributed by atoms with Crippen LogP contribution in [0.5, 0.6) is 11.6 Å². The van der Waals surface area contributed by atoms with Crippen molar-refractivity contribution in [2.75, 3.05) is 10.8 Å². The lowest BCUT2D eigenvalue weighted by molar-refractivity contribution is -0.138. The van der Waals surface area contributed by atoms with Gasteiger partial charge in [0.25, 0.3) is 0 Å². The van der Waals surface area contributed by atoms with Gasteiger partial charge < -0.3 is 14.9 Å². The molecule has 0 bridgehead atoms. The van der Waals surface area contributed by atoms with Crippen LogP contribution in [0.2, 0.25) is 0 Å². The third kappa shape index (κ3) is 5.46. The first-order chi connectivity index (χ1) is 14.9. The first-order valence-corrected chi connectivity index (χ1v) is 9.17. The highest BCUT2D eigenvalue weighted by atomic mass is 16.7. The summed E-state index contributed by atoms with van der Waals surface area (Å²) < 4.78 is 5.98. The van der Waals surface area contributed by atoms with Crippen molar-refractivity contribution in [3.8, 4) is 23.8 Å². The van der Waals surface area contributed by atoms with Crippen molar-refractivity contribution >= 4 is 23.4 Å². The van der Waals surface area contributed by atoms with Crippen LogP contribution >= 0.6 is 0 Å². The fraction of sp³-hybridized carbons (Fsp3) is 0.136. The maximum atomic E-state index is 11.2. The summed E-state index contributed by atoms with van der Waals surface area (Å²) in [6.07, 6.45) is 0. The summed E-state index contributed by atoms with van der Waals surface area (Å²) in [4.78, 5) is 24.6. The number of aromatic nitrogens is 2. The maximum Gasteiger partial charge on any atom is 0.329 e. The highest BCUT2D eigenvalue weighted by Gasteiger charge is 2.12. The van der Waals surface area contributed by atoms with E-state index in [1.54, 1.807) is 36.4 Å². The van der Waals surface area contributed by atoms with Crippen LogP contribution in [0.4, 0.5) is 17.5 Å². The number of aryl methyl sites for hydroxylation is 2. The van der Waals surface area contributed by atoms with Gasteiger partial charge in [-0.1, -0.05) is 0 Å². The van der Waals surface area contributed by atoms with Crippen LogP contribution in [0.1, 0.15) is 29.2 Å². The standard InChI is InChI=1S/C22H18N6O3/c1-13-8-17(12-24)9-14(2)21(13)30-20-10-19(28-31-15(3)29)26-22(27-20)25-18-6-4-16(11-23)5-7-18/h4-10H,1-3H3,(H2,25,26,27,28). The first kappa shape index (κ1) is 21.1. The van der Waals surface area contributed by atoms with Gasteiger partial charge in [-0.05, 0) is 61.4 Å². The Kier molecular flexibility index (Phi) is 6.29. The molecule has 1 heterocycles. The monoisotopic (exact) mass is 414 g/mol. The third-order valence-corrected chi connectivity index (χ3v) is 4.07. The van der Waals surface area contributed by atoms with Crippen LogP contribution in [0.3, 0.4) is 0 Å². The summed E-state index contributed by atoms with van der Waals surface area (Å²) in [5.41, 5.74) is 5.70. The number of hydrogen-bond donors (Lipinski definition) is 2. The zero-order valence-corrected chi connectivity index (χ0v) is 17.1. The van der Waals surface area contributed by atoms with E-state index in [9.17, 15) is 4.79 Å². The Bertz CT molecular complexity index is 1190. The Labute approximate surface area is 178 Å². The second-order valence-electron chi connectivity index (χ2n) is 6.58. The number of nitriles is 2. The molecule has 9 nitrogen and oxygen atoms in total. The van der Waals surface area contributed by atoms with Crippen molar-refractivity contribution < 1.29 is 14.4 Å². The molecule has 31 heavy (non-hydrogen) atoms. The molecule has 0 atom stereocenters. The molecule has 3 rings (SSSR count). The molecule has 0 saturated heterocycles.